The molecule has 2 amide bonds. The molecule has 1 aromatic carbocycles. The van der Waals surface area contributed by atoms with E-state index >= 15 is 0 Å². The first-order valence-corrected chi connectivity index (χ1v) is 10.1. The molecule has 2 aliphatic rings. The normalized spacial score (nSPS) is 19.5. The lowest BCUT2D eigenvalue weighted by molar-refractivity contribution is -0.152. The second-order valence-electron chi connectivity index (χ2n) is 7.31. The number of rotatable bonds is 5. The van der Waals surface area contributed by atoms with Crippen LogP contribution in [0.15, 0.2) is 42.6 Å². The number of pyridine rings is 1. The lowest BCUT2D eigenvalue weighted by Gasteiger charge is -2.23. The van der Waals surface area contributed by atoms with Crippen LogP contribution < -0.4 is 5.32 Å². The molecule has 2 saturated heterocycles. The van der Waals surface area contributed by atoms with Crippen molar-refractivity contribution in [1.29, 1.82) is 0 Å². The number of carbonyl (C=O) groups is 3. The molecule has 0 saturated carbocycles. The van der Waals surface area contributed by atoms with E-state index in [-0.39, 0.29) is 19.5 Å². The monoisotopic (exact) mass is 445 g/mol. The first-order valence-electron chi connectivity index (χ1n) is 9.67. The largest absolute Gasteiger partial charge is 0.480 e. The van der Waals surface area contributed by atoms with Gasteiger partial charge in [0.2, 0.25) is 5.91 Å². The average Bonchev–Trinajstić information content (AvgIpc) is 3.40. The predicted molar refractivity (Wildman–Crippen MR) is 109 cm³/mol. The summed E-state index contributed by atoms with van der Waals surface area (Å²) in [6.07, 6.45) is 1.60. The zero-order chi connectivity index (χ0) is 22.0. The lowest BCUT2D eigenvalue weighted by Crippen LogP contribution is -2.46. The van der Waals surface area contributed by atoms with Crippen LogP contribution in [0.5, 0.6) is 0 Å². The van der Waals surface area contributed by atoms with Crippen molar-refractivity contribution in [2.75, 3.05) is 26.3 Å². The minimum Gasteiger partial charge on any atom is -0.480 e. The van der Waals surface area contributed by atoms with Crippen molar-refractivity contribution in [2.45, 2.75) is 18.2 Å². The molecule has 2 aliphatic heterocycles. The maximum Gasteiger partial charge on any atom is 0.326 e. The molecule has 0 bridgehead atoms. The summed E-state index contributed by atoms with van der Waals surface area (Å²) in [5.41, 5.74) is 1.89. The molecule has 10 heteroatoms. The van der Waals surface area contributed by atoms with Crippen molar-refractivity contribution in [3.63, 3.8) is 0 Å². The third kappa shape index (κ3) is 4.53. The van der Waals surface area contributed by atoms with E-state index in [0.29, 0.717) is 29.5 Å². The molecule has 31 heavy (non-hydrogen) atoms. The number of hydrogen-bond donors (Lipinski definition) is 2. The van der Waals surface area contributed by atoms with Crippen molar-refractivity contribution < 1.29 is 29.0 Å². The third-order valence-corrected chi connectivity index (χ3v) is 5.50. The van der Waals surface area contributed by atoms with E-state index in [4.69, 9.17) is 21.1 Å². The Kier molecular flexibility index (Phi) is 5.90. The zero-order valence-corrected chi connectivity index (χ0v) is 17.2. The molecule has 3 heterocycles. The van der Waals surface area contributed by atoms with Crippen molar-refractivity contribution in [1.82, 2.24) is 15.2 Å². The summed E-state index contributed by atoms with van der Waals surface area (Å²) < 4.78 is 11.1. The Balaban J connectivity index is 1.37. The maximum atomic E-state index is 12.6. The molecule has 162 valence electrons. The van der Waals surface area contributed by atoms with Gasteiger partial charge in [-0.2, -0.15) is 0 Å². The van der Waals surface area contributed by atoms with E-state index in [1.54, 1.807) is 36.4 Å². The van der Waals surface area contributed by atoms with Crippen LogP contribution in [0.25, 0.3) is 11.3 Å². The first kappa shape index (κ1) is 21.2. The zero-order valence-electron chi connectivity index (χ0n) is 16.4. The number of halogens is 1. The smallest absolute Gasteiger partial charge is 0.326 e. The second kappa shape index (κ2) is 8.62. The van der Waals surface area contributed by atoms with E-state index in [9.17, 15) is 19.5 Å². The second-order valence-corrected chi connectivity index (χ2v) is 7.75. The molecule has 0 radical (unpaired) electrons. The van der Waals surface area contributed by atoms with Crippen molar-refractivity contribution >= 4 is 29.4 Å². The van der Waals surface area contributed by atoms with Crippen molar-refractivity contribution in [3.8, 4) is 11.3 Å². The van der Waals surface area contributed by atoms with Gasteiger partial charge >= 0.3 is 5.97 Å². The van der Waals surface area contributed by atoms with Gasteiger partial charge in [0.1, 0.15) is 6.04 Å². The molecule has 0 aliphatic carbocycles. The lowest BCUT2D eigenvalue weighted by atomic mass is 10.1. The highest BCUT2D eigenvalue weighted by Gasteiger charge is 2.52. The quantitative estimate of drug-likeness (QED) is 0.717. The van der Waals surface area contributed by atoms with Gasteiger partial charge in [0.05, 0.1) is 37.0 Å². The summed E-state index contributed by atoms with van der Waals surface area (Å²) in [4.78, 5) is 42.1. The molecule has 1 aromatic heterocycles. The van der Waals surface area contributed by atoms with Gasteiger partial charge in [-0.3, -0.25) is 14.6 Å². The maximum absolute atomic E-state index is 12.6. The predicted octanol–water partition coefficient (Wildman–Crippen LogP) is 1.56. The van der Waals surface area contributed by atoms with Gasteiger partial charge in [0.25, 0.3) is 5.91 Å². The Morgan fingerprint density at radius 2 is 1.87 bits per heavy atom. The first-order chi connectivity index (χ1) is 14.9. The molecule has 1 unspecified atom stereocenters. The van der Waals surface area contributed by atoms with Gasteiger partial charge in [-0.1, -0.05) is 23.7 Å². The summed E-state index contributed by atoms with van der Waals surface area (Å²) in [6, 6.07) is 9.17. The molecule has 2 fully saturated rings. The van der Waals surface area contributed by atoms with Gasteiger partial charge in [-0.05, 0) is 24.3 Å². The number of nitrogens with one attached hydrogen (secondary N) is 1. The van der Waals surface area contributed by atoms with Crippen LogP contribution in [0.1, 0.15) is 16.8 Å². The number of benzene rings is 1. The standard InChI is InChI=1S/C21H20ClN3O6/c22-15-5-6-16(23-10-15)13-1-3-14(4-2-13)19(27)24-11-18(26)25-12-21(30-7-8-31-21)9-17(25)20(28)29/h1-6,10,17H,7-9,11-12H2,(H,24,27)(H,28,29). The Morgan fingerprint density at radius 1 is 1.16 bits per heavy atom. The number of aromatic nitrogens is 1. The van der Waals surface area contributed by atoms with Crippen molar-refractivity contribution in [2.24, 2.45) is 0 Å². The Labute approximate surface area is 182 Å². The number of carbonyl (C=O) groups excluding carboxylic acids is 2. The fraction of sp³-hybridized carbons (Fsp3) is 0.333. The summed E-state index contributed by atoms with van der Waals surface area (Å²) >= 11 is 5.84. The Bertz CT molecular complexity index is 989. The van der Waals surface area contributed by atoms with Gasteiger partial charge < -0.3 is 24.8 Å². The van der Waals surface area contributed by atoms with Crippen LogP contribution in [-0.2, 0) is 19.1 Å². The third-order valence-electron chi connectivity index (χ3n) is 5.28. The number of nitrogens with zero attached hydrogens (tertiary/aromatic N) is 2. The van der Waals surface area contributed by atoms with Gasteiger partial charge in [0.15, 0.2) is 5.79 Å². The average molecular weight is 446 g/mol. The summed E-state index contributed by atoms with van der Waals surface area (Å²) in [7, 11) is 0. The van der Waals surface area contributed by atoms with Crippen LogP contribution in [0, 0.1) is 0 Å². The highest BCUT2D eigenvalue weighted by molar-refractivity contribution is 6.30. The van der Waals surface area contributed by atoms with E-state index < -0.39 is 29.6 Å². The summed E-state index contributed by atoms with van der Waals surface area (Å²) in [5.74, 6) is -3.17. The molecule has 2 N–H and O–H groups in total. The number of carboxylic acids is 1. The van der Waals surface area contributed by atoms with E-state index in [0.717, 1.165) is 5.56 Å². The fourth-order valence-electron chi connectivity index (χ4n) is 3.73. The highest BCUT2D eigenvalue weighted by Crippen LogP contribution is 2.34. The van der Waals surface area contributed by atoms with Crippen LogP contribution in [0.3, 0.4) is 0 Å². The molecular weight excluding hydrogens is 426 g/mol. The van der Waals surface area contributed by atoms with Gasteiger partial charge in [0, 0.05) is 23.7 Å². The van der Waals surface area contributed by atoms with E-state index in [1.807, 2.05) is 0 Å². The van der Waals surface area contributed by atoms with Crippen LogP contribution >= 0.6 is 11.6 Å². The number of hydrogen-bond acceptors (Lipinski definition) is 6. The van der Waals surface area contributed by atoms with Gasteiger partial charge in [-0.25, -0.2) is 4.79 Å². The summed E-state index contributed by atoms with van der Waals surface area (Å²) in [5, 5.41) is 12.5. The van der Waals surface area contributed by atoms with Gasteiger partial charge in [-0.15, -0.1) is 0 Å². The SMILES string of the molecule is O=C(NCC(=O)N1CC2(CC1C(=O)O)OCCO2)c1ccc(-c2ccc(Cl)cn2)cc1. The molecular formula is C21H20ClN3O6. The summed E-state index contributed by atoms with van der Waals surface area (Å²) in [6.45, 7) is 0.389. The molecule has 4 rings (SSSR count). The van der Waals surface area contributed by atoms with Crippen molar-refractivity contribution in [3.05, 3.63) is 53.2 Å². The Morgan fingerprint density at radius 3 is 2.48 bits per heavy atom. The molecule has 2 aromatic rings. The fourth-order valence-corrected chi connectivity index (χ4v) is 3.84. The van der Waals surface area contributed by atoms with E-state index in [1.165, 1.54) is 11.1 Å². The number of ether oxygens (including phenoxy) is 2. The number of carboxylic acid groups (broad SMARTS) is 1. The van der Waals surface area contributed by atoms with Crippen LogP contribution in [0.2, 0.25) is 5.02 Å². The molecule has 9 nitrogen and oxygen atoms in total. The number of likely N-dealkylation sites (tertiary alicyclic amines) is 1. The Hall–Kier alpha value is -3.01. The van der Waals surface area contributed by atoms with Crippen LogP contribution in [-0.4, -0.2) is 70.9 Å². The highest BCUT2D eigenvalue weighted by atomic mass is 35.5. The minimum atomic E-state index is -1.14. The number of amides is 2. The molecule has 1 atom stereocenters. The minimum absolute atomic E-state index is 0.0153. The number of aliphatic carboxylic acids is 1. The topological polar surface area (TPSA) is 118 Å². The van der Waals surface area contributed by atoms with Crippen LogP contribution in [0.4, 0.5) is 0 Å². The molecule has 1 spiro atoms. The van der Waals surface area contributed by atoms with E-state index in [2.05, 4.69) is 10.3 Å².